The molecule has 1 N–H and O–H groups in total. The number of nitrogens with zero attached hydrogens (tertiary/aromatic N) is 4. The van der Waals surface area contributed by atoms with Gasteiger partial charge in [-0.25, -0.2) is 9.37 Å². The van der Waals surface area contributed by atoms with Gasteiger partial charge < -0.3 is 14.6 Å². The van der Waals surface area contributed by atoms with E-state index < -0.39 is 5.82 Å². The quantitative estimate of drug-likeness (QED) is 0.877. The minimum absolute atomic E-state index is 0.301. The summed E-state index contributed by atoms with van der Waals surface area (Å²) in [6, 6.07) is 3.93. The third-order valence-electron chi connectivity index (χ3n) is 4.26. The summed E-state index contributed by atoms with van der Waals surface area (Å²) in [4.78, 5) is 12.3. The Hall–Kier alpha value is -2.15. The van der Waals surface area contributed by atoms with Crippen LogP contribution in [0.4, 0.5) is 16.2 Å². The van der Waals surface area contributed by atoms with Crippen molar-refractivity contribution in [2.45, 2.75) is 19.4 Å². The Labute approximate surface area is 141 Å². The summed E-state index contributed by atoms with van der Waals surface area (Å²) >= 11 is 0. The minimum atomic E-state index is -0.409. The van der Waals surface area contributed by atoms with E-state index in [1.165, 1.54) is 19.0 Å². The van der Waals surface area contributed by atoms with Crippen LogP contribution in [0.3, 0.4) is 0 Å². The maximum atomic E-state index is 13.6. The van der Waals surface area contributed by atoms with E-state index in [-0.39, 0.29) is 0 Å². The maximum Gasteiger partial charge on any atom is 0.224 e. The number of nitrogens with one attached hydrogen (secondary N) is 1. The molecule has 3 heterocycles. The number of furan rings is 1. The molecule has 1 fully saturated rings. The van der Waals surface area contributed by atoms with Crippen LogP contribution in [0.2, 0.25) is 0 Å². The Morgan fingerprint density at radius 2 is 2.33 bits per heavy atom. The number of hydrogen-bond acceptors (Lipinski definition) is 6. The van der Waals surface area contributed by atoms with Crippen LogP contribution in [0.1, 0.15) is 18.6 Å². The summed E-state index contributed by atoms with van der Waals surface area (Å²) in [5.41, 5.74) is 0. The topological polar surface area (TPSA) is 57.4 Å². The molecule has 2 aromatic rings. The van der Waals surface area contributed by atoms with Gasteiger partial charge in [-0.05, 0) is 37.4 Å². The molecule has 0 aromatic carbocycles. The first kappa shape index (κ1) is 16.7. The molecular formula is C17H24FN5O. The SMILES string of the molecule is CN(C)c1nc(NCC2CCCN(Cc3ccco3)C2)ncc1F. The lowest BCUT2D eigenvalue weighted by molar-refractivity contribution is 0.162. The number of piperidine rings is 1. The molecule has 2 aromatic heterocycles. The summed E-state index contributed by atoms with van der Waals surface area (Å²) in [6.45, 7) is 3.74. The van der Waals surface area contributed by atoms with Crippen molar-refractivity contribution in [1.82, 2.24) is 14.9 Å². The van der Waals surface area contributed by atoms with Crippen LogP contribution in [0.15, 0.2) is 29.0 Å². The van der Waals surface area contributed by atoms with E-state index in [0.717, 1.165) is 31.9 Å². The van der Waals surface area contributed by atoms with Crippen molar-refractivity contribution in [2.75, 3.05) is 43.9 Å². The number of anilines is 2. The lowest BCUT2D eigenvalue weighted by atomic mass is 9.98. The summed E-state index contributed by atoms with van der Waals surface area (Å²) in [6.07, 6.45) is 5.27. The standard InChI is InChI=1S/C17H24FN5O/c1-22(2)16-15(18)10-20-17(21-16)19-9-13-5-3-7-23(11-13)12-14-6-4-8-24-14/h4,6,8,10,13H,3,5,7,9,11-12H2,1-2H3,(H,19,20,21). The average molecular weight is 333 g/mol. The van der Waals surface area contributed by atoms with E-state index in [4.69, 9.17) is 4.42 Å². The van der Waals surface area contributed by atoms with E-state index in [2.05, 4.69) is 20.2 Å². The molecule has 6 nitrogen and oxygen atoms in total. The van der Waals surface area contributed by atoms with Crippen molar-refractivity contribution in [3.8, 4) is 0 Å². The van der Waals surface area contributed by atoms with E-state index in [1.807, 2.05) is 12.1 Å². The first-order valence-electron chi connectivity index (χ1n) is 8.30. The van der Waals surface area contributed by atoms with Crippen molar-refractivity contribution in [1.29, 1.82) is 0 Å². The largest absolute Gasteiger partial charge is 0.468 e. The molecular weight excluding hydrogens is 309 g/mol. The van der Waals surface area contributed by atoms with Crippen molar-refractivity contribution in [3.63, 3.8) is 0 Å². The normalized spacial score (nSPS) is 18.5. The van der Waals surface area contributed by atoms with Crippen LogP contribution >= 0.6 is 0 Å². The number of likely N-dealkylation sites (tertiary alicyclic amines) is 1. The van der Waals surface area contributed by atoms with E-state index in [1.54, 1.807) is 25.3 Å². The molecule has 0 bridgehead atoms. The molecule has 0 saturated carbocycles. The monoisotopic (exact) mass is 333 g/mol. The molecule has 0 radical (unpaired) electrons. The molecule has 1 atom stereocenters. The van der Waals surface area contributed by atoms with Gasteiger partial charge in [0.25, 0.3) is 0 Å². The third kappa shape index (κ3) is 4.23. The second-order valence-electron chi connectivity index (χ2n) is 6.46. The molecule has 1 aliphatic heterocycles. The molecule has 0 spiro atoms. The van der Waals surface area contributed by atoms with Gasteiger partial charge in [0.2, 0.25) is 5.95 Å². The summed E-state index contributed by atoms with van der Waals surface area (Å²) in [5, 5.41) is 3.25. The highest BCUT2D eigenvalue weighted by molar-refractivity contribution is 5.42. The molecule has 130 valence electrons. The highest BCUT2D eigenvalue weighted by Crippen LogP contribution is 2.20. The fourth-order valence-corrected chi connectivity index (χ4v) is 3.08. The number of hydrogen-bond donors (Lipinski definition) is 1. The van der Waals surface area contributed by atoms with Crippen molar-refractivity contribution >= 4 is 11.8 Å². The van der Waals surface area contributed by atoms with Crippen molar-refractivity contribution in [2.24, 2.45) is 5.92 Å². The predicted molar refractivity (Wildman–Crippen MR) is 91.5 cm³/mol. The average Bonchev–Trinajstić information content (AvgIpc) is 3.07. The third-order valence-corrected chi connectivity index (χ3v) is 4.26. The zero-order valence-corrected chi connectivity index (χ0v) is 14.2. The van der Waals surface area contributed by atoms with Gasteiger partial charge in [0.1, 0.15) is 5.76 Å². The molecule has 0 amide bonds. The number of rotatable bonds is 6. The van der Waals surface area contributed by atoms with Gasteiger partial charge in [-0.15, -0.1) is 0 Å². The second kappa shape index (κ2) is 7.61. The minimum Gasteiger partial charge on any atom is -0.468 e. The van der Waals surface area contributed by atoms with Crippen molar-refractivity contribution < 1.29 is 8.81 Å². The summed E-state index contributed by atoms with van der Waals surface area (Å²) in [5.74, 6) is 1.89. The Bertz CT molecular complexity index is 646. The molecule has 7 heteroatoms. The molecule has 3 rings (SSSR count). The zero-order valence-electron chi connectivity index (χ0n) is 14.2. The fraction of sp³-hybridized carbons (Fsp3) is 0.529. The number of aromatic nitrogens is 2. The zero-order chi connectivity index (χ0) is 16.9. The second-order valence-corrected chi connectivity index (χ2v) is 6.46. The Balaban J connectivity index is 1.53. The molecule has 1 unspecified atom stereocenters. The summed E-state index contributed by atoms with van der Waals surface area (Å²) < 4.78 is 19.1. The lowest BCUT2D eigenvalue weighted by Gasteiger charge is -2.32. The smallest absolute Gasteiger partial charge is 0.224 e. The first-order chi connectivity index (χ1) is 11.6. The van der Waals surface area contributed by atoms with Crippen LogP contribution in [-0.2, 0) is 6.54 Å². The van der Waals surface area contributed by atoms with Crippen LogP contribution in [-0.4, -0.2) is 48.6 Å². The molecule has 1 aliphatic rings. The van der Waals surface area contributed by atoms with E-state index in [9.17, 15) is 4.39 Å². The summed E-state index contributed by atoms with van der Waals surface area (Å²) in [7, 11) is 3.53. The van der Waals surface area contributed by atoms with Gasteiger partial charge in [-0.2, -0.15) is 4.98 Å². The van der Waals surface area contributed by atoms with Crippen LogP contribution in [0.5, 0.6) is 0 Å². The number of halogens is 1. The Kier molecular flexibility index (Phi) is 5.30. The van der Waals surface area contributed by atoms with E-state index in [0.29, 0.717) is 17.7 Å². The Morgan fingerprint density at radius 3 is 3.08 bits per heavy atom. The highest BCUT2D eigenvalue weighted by atomic mass is 19.1. The van der Waals surface area contributed by atoms with Crippen LogP contribution < -0.4 is 10.2 Å². The van der Waals surface area contributed by atoms with Crippen LogP contribution in [0.25, 0.3) is 0 Å². The lowest BCUT2D eigenvalue weighted by Crippen LogP contribution is -2.37. The van der Waals surface area contributed by atoms with Gasteiger partial charge >= 0.3 is 0 Å². The van der Waals surface area contributed by atoms with Gasteiger partial charge in [0.15, 0.2) is 11.6 Å². The van der Waals surface area contributed by atoms with Gasteiger partial charge in [-0.3, -0.25) is 4.90 Å². The van der Waals surface area contributed by atoms with E-state index >= 15 is 0 Å². The van der Waals surface area contributed by atoms with Gasteiger partial charge in [-0.1, -0.05) is 0 Å². The molecule has 1 saturated heterocycles. The Morgan fingerprint density at radius 1 is 1.46 bits per heavy atom. The fourth-order valence-electron chi connectivity index (χ4n) is 3.08. The molecule has 24 heavy (non-hydrogen) atoms. The predicted octanol–water partition coefficient (Wildman–Crippen LogP) is 2.60. The van der Waals surface area contributed by atoms with Gasteiger partial charge in [0.05, 0.1) is 19.0 Å². The van der Waals surface area contributed by atoms with Crippen LogP contribution in [0, 0.1) is 11.7 Å². The van der Waals surface area contributed by atoms with Crippen molar-refractivity contribution in [3.05, 3.63) is 36.2 Å². The maximum absolute atomic E-state index is 13.6. The first-order valence-corrected chi connectivity index (χ1v) is 8.30. The highest BCUT2D eigenvalue weighted by Gasteiger charge is 2.21. The molecule has 0 aliphatic carbocycles. The van der Waals surface area contributed by atoms with Gasteiger partial charge in [0, 0.05) is 27.2 Å².